The Bertz CT molecular complexity index is 407. The van der Waals surface area contributed by atoms with E-state index >= 15 is 0 Å². The Morgan fingerprint density at radius 1 is 1.62 bits per heavy atom. The van der Waals surface area contributed by atoms with Crippen molar-refractivity contribution in [3.8, 4) is 6.07 Å². The molecule has 0 aliphatic carbocycles. The van der Waals surface area contributed by atoms with Crippen LogP contribution in [0.1, 0.15) is 21.5 Å². The molecule has 13 heavy (non-hydrogen) atoms. The number of carboxylic acid groups (broad SMARTS) is 1. The summed E-state index contributed by atoms with van der Waals surface area (Å²) in [5.74, 6) is -0.987. The minimum Gasteiger partial charge on any atom is -0.478 e. The zero-order chi connectivity index (χ0) is 10.0. The molecule has 1 aromatic rings. The van der Waals surface area contributed by atoms with Crippen molar-refractivity contribution in [1.82, 2.24) is 0 Å². The SMILES string of the molecule is Cc1ccc(C#N)c(I)c1C(=O)O. The van der Waals surface area contributed by atoms with Gasteiger partial charge in [0.2, 0.25) is 0 Å². The van der Waals surface area contributed by atoms with Gasteiger partial charge in [-0.25, -0.2) is 4.79 Å². The van der Waals surface area contributed by atoms with Gasteiger partial charge in [-0.15, -0.1) is 0 Å². The van der Waals surface area contributed by atoms with Gasteiger partial charge in [-0.2, -0.15) is 5.26 Å². The lowest BCUT2D eigenvalue weighted by Gasteiger charge is -2.04. The number of aromatic carboxylic acids is 1. The lowest BCUT2D eigenvalue weighted by molar-refractivity contribution is 0.0695. The quantitative estimate of drug-likeness (QED) is 0.805. The first-order chi connectivity index (χ1) is 6.07. The van der Waals surface area contributed by atoms with E-state index < -0.39 is 5.97 Å². The van der Waals surface area contributed by atoms with Gasteiger partial charge in [0.15, 0.2) is 0 Å². The minimum atomic E-state index is -0.987. The number of carbonyl (C=O) groups is 1. The number of benzene rings is 1. The van der Waals surface area contributed by atoms with Gasteiger partial charge in [0, 0.05) is 3.57 Å². The number of carboxylic acids is 1. The van der Waals surface area contributed by atoms with Gasteiger partial charge in [0.1, 0.15) is 6.07 Å². The van der Waals surface area contributed by atoms with Crippen molar-refractivity contribution in [3.63, 3.8) is 0 Å². The van der Waals surface area contributed by atoms with Crippen molar-refractivity contribution < 1.29 is 9.90 Å². The summed E-state index contributed by atoms with van der Waals surface area (Å²) in [7, 11) is 0. The first-order valence-electron chi connectivity index (χ1n) is 3.50. The second-order valence-electron chi connectivity index (χ2n) is 2.54. The Balaban J connectivity index is 3.50. The van der Waals surface area contributed by atoms with E-state index in [1.807, 2.05) is 28.7 Å². The topological polar surface area (TPSA) is 61.1 Å². The summed E-state index contributed by atoms with van der Waals surface area (Å²) in [6, 6.07) is 5.22. The van der Waals surface area contributed by atoms with Crippen LogP contribution in [0.25, 0.3) is 0 Å². The van der Waals surface area contributed by atoms with Crippen molar-refractivity contribution in [1.29, 1.82) is 5.26 Å². The standard InChI is InChI=1S/C9H6INO2/c1-5-2-3-6(4-11)8(10)7(5)9(12)13/h2-3H,1H3,(H,12,13). The minimum absolute atomic E-state index is 0.222. The maximum atomic E-state index is 10.8. The largest absolute Gasteiger partial charge is 0.478 e. The molecular weight excluding hydrogens is 281 g/mol. The van der Waals surface area contributed by atoms with E-state index in [-0.39, 0.29) is 5.56 Å². The van der Waals surface area contributed by atoms with Crippen molar-refractivity contribution in [2.24, 2.45) is 0 Å². The van der Waals surface area contributed by atoms with Gasteiger partial charge in [-0.05, 0) is 41.1 Å². The molecule has 3 nitrogen and oxygen atoms in total. The summed E-state index contributed by atoms with van der Waals surface area (Å²) in [6.45, 7) is 1.72. The number of halogens is 1. The fourth-order valence-electron chi connectivity index (χ4n) is 1.02. The van der Waals surface area contributed by atoms with Gasteiger partial charge >= 0.3 is 5.97 Å². The van der Waals surface area contributed by atoms with Gasteiger partial charge in [-0.1, -0.05) is 6.07 Å². The Morgan fingerprint density at radius 2 is 2.23 bits per heavy atom. The van der Waals surface area contributed by atoms with Crippen LogP contribution in [0, 0.1) is 21.8 Å². The second-order valence-corrected chi connectivity index (χ2v) is 3.61. The fraction of sp³-hybridized carbons (Fsp3) is 0.111. The van der Waals surface area contributed by atoms with E-state index in [9.17, 15) is 4.79 Å². The van der Waals surface area contributed by atoms with E-state index in [1.54, 1.807) is 19.1 Å². The number of nitriles is 1. The monoisotopic (exact) mass is 287 g/mol. The molecule has 1 rings (SSSR count). The summed E-state index contributed by atoms with van der Waals surface area (Å²) in [5, 5.41) is 17.5. The highest BCUT2D eigenvalue weighted by Gasteiger charge is 2.14. The average Bonchev–Trinajstić information content (AvgIpc) is 2.04. The molecule has 0 radical (unpaired) electrons. The Hall–Kier alpha value is -1.09. The van der Waals surface area contributed by atoms with Crippen LogP contribution in [0.2, 0.25) is 0 Å². The summed E-state index contributed by atoms with van der Waals surface area (Å²) in [4.78, 5) is 10.8. The van der Waals surface area contributed by atoms with E-state index in [0.29, 0.717) is 14.7 Å². The number of nitrogens with zero attached hydrogens (tertiary/aromatic N) is 1. The van der Waals surface area contributed by atoms with Crippen molar-refractivity contribution in [2.75, 3.05) is 0 Å². The van der Waals surface area contributed by atoms with E-state index in [1.165, 1.54) is 0 Å². The molecule has 66 valence electrons. The van der Waals surface area contributed by atoms with Crippen LogP contribution in [0.3, 0.4) is 0 Å². The highest BCUT2D eigenvalue weighted by atomic mass is 127. The molecule has 0 saturated carbocycles. The molecule has 0 amide bonds. The number of hydrogen-bond donors (Lipinski definition) is 1. The summed E-state index contributed by atoms with van der Waals surface area (Å²) in [5.41, 5.74) is 1.30. The van der Waals surface area contributed by atoms with E-state index in [2.05, 4.69) is 0 Å². The molecule has 4 heteroatoms. The van der Waals surface area contributed by atoms with Crippen LogP contribution < -0.4 is 0 Å². The van der Waals surface area contributed by atoms with E-state index in [0.717, 1.165) is 0 Å². The molecule has 0 atom stereocenters. The molecule has 0 aromatic heterocycles. The van der Waals surface area contributed by atoms with Crippen LogP contribution in [0.15, 0.2) is 12.1 Å². The molecular formula is C9H6INO2. The van der Waals surface area contributed by atoms with Crippen LogP contribution in [0.5, 0.6) is 0 Å². The Kier molecular flexibility index (Phi) is 2.88. The van der Waals surface area contributed by atoms with E-state index in [4.69, 9.17) is 10.4 Å². The summed E-state index contributed by atoms with van der Waals surface area (Å²) in [6.07, 6.45) is 0. The van der Waals surface area contributed by atoms with Crippen molar-refractivity contribution in [3.05, 3.63) is 32.4 Å². The predicted octanol–water partition coefficient (Wildman–Crippen LogP) is 2.17. The molecule has 0 saturated heterocycles. The normalized spacial score (nSPS) is 9.31. The Morgan fingerprint density at radius 3 is 2.69 bits per heavy atom. The third-order valence-corrected chi connectivity index (χ3v) is 2.81. The number of hydrogen-bond acceptors (Lipinski definition) is 2. The molecule has 0 aliphatic heterocycles. The van der Waals surface area contributed by atoms with Crippen molar-refractivity contribution >= 4 is 28.6 Å². The molecule has 1 N–H and O–H groups in total. The lowest BCUT2D eigenvalue weighted by atomic mass is 10.1. The highest BCUT2D eigenvalue weighted by molar-refractivity contribution is 14.1. The number of aryl methyl sites for hydroxylation is 1. The van der Waals surface area contributed by atoms with Crippen LogP contribution >= 0.6 is 22.6 Å². The van der Waals surface area contributed by atoms with Gasteiger partial charge < -0.3 is 5.11 Å². The predicted molar refractivity (Wildman–Crippen MR) is 55.6 cm³/mol. The maximum Gasteiger partial charge on any atom is 0.337 e. The summed E-state index contributed by atoms with van der Waals surface area (Å²) < 4.78 is 0.507. The molecule has 0 spiro atoms. The number of rotatable bonds is 1. The zero-order valence-corrected chi connectivity index (χ0v) is 8.99. The van der Waals surface area contributed by atoms with Crippen molar-refractivity contribution in [2.45, 2.75) is 6.92 Å². The summed E-state index contributed by atoms with van der Waals surface area (Å²) >= 11 is 1.88. The highest BCUT2D eigenvalue weighted by Crippen LogP contribution is 2.20. The third kappa shape index (κ3) is 1.80. The van der Waals surface area contributed by atoms with Gasteiger partial charge in [-0.3, -0.25) is 0 Å². The fourth-order valence-corrected chi connectivity index (χ4v) is 1.98. The molecule has 0 unspecified atom stereocenters. The third-order valence-electron chi connectivity index (χ3n) is 1.68. The first kappa shape index (κ1) is 9.99. The maximum absolute atomic E-state index is 10.8. The molecule has 1 aromatic carbocycles. The van der Waals surface area contributed by atoms with Crippen LogP contribution in [-0.4, -0.2) is 11.1 Å². The average molecular weight is 287 g/mol. The molecule has 0 aliphatic rings. The molecule has 0 heterocycles. The zero-order valence-electron chi connectivity index (χ0n) is 6.84. The Labute approximate surface area is 89.1 Å². The van der Waals surface area contributed by atoms with Crippen LogP contribution in [-0.2, 0) is 0 Å². The first-order valence-corrected chi connectivity index (χ1v) is 4.58. The van der Waals surface area contributed by atoms with Gasteiger partial charge in [0.25, 0.3) is 0 Å². The lowest BCUT2D eigenvalue weighted by Crippen LogP contribution is -2.04. The smallest absolute Gasteiger partial charge is 0.337 e. The molecule has 0 bridgehead atoms. The molecule has 0 fully saturated rings. The second kappa shape index (κ2) is 3.75. The van der Waals surface area contributed by atoms with Crippen LogP contribution in [0.4, 0.5) is 0 Å². The van der Waals surface area contributed by atoms with Gasteiger partial charge in [0.05, 0.1) is 11.1 Å².